The molecule has 0 amide bonds. The van der Waals surface area contributed by atoms with Gasteiger partial charge in [0.05, 0.1) is 6.20 Å². The van der Waals surface area contributed by atoms with E-state index in [9.17, 15) is 13.2 Å². The standard InChI is InChI=1S/C12H9BrF3N3O/c1-2-17-12-18-5-8(15)11(19-12)20-9-4-6(13)3-7(14)10(9)16/h3-5H,2H2,1H3,(H,17,18,19). The number of ether oxygens (including phenoxy) is 1. The summed E-state index contributed by atoms with van der Waals surface area (Å²) in [6.45, 7) is 2.32. The van der Waals surface area contributed by atoms with Crippen LogP contribution in [0.1, 0.15) is 6.92 Å². The molecule has 0 bridgehead atoms. The van der Waals surface area contributed by atoms with Crippen LogP contribution in [0.15, 0.2) is 22.8 Å². The average molecular weight is 348 g/mol. The molecule has 20 heavy (non-hydrogen) atoms. The minimum atomic E-state index is -1.23. The fourth-order valence-corrected chi connectivity index (χ4v) is 1.79. The number of benzene rings is 1. The Morgan fingerprint density at radius 3 is 2.70 bits per heavy atom. The van der Waals surface area contributed by atoms with Crippen LogP contribution in [0.3, 0.4) is 0 Å². The second kappa shape index (κ2) is 6.08. The first-order chi connectivity index (χ1) is 9.51. The van der Waals surface area contributed by atoms with Crippen LogP contribution >= 0.6 is 15.9 Å². The molecule has 0 aliphatic heterocycles. The van der Waals surface area contributed by atoms with Crippen LogP contribution in [-0.4, -0.2) is 16.5 Å². The molecule has 0 fully saturated rings. The molecule has 1 aromatic heterocycles. The van der Waals surface area contributed by atoms with E-state index in [1.54, 1.807) is 6.92 Å². The summed E-state index contributed by atoms with van der Waals surface area (Å²) in [4.78, 5) is 7.41. The lowest BCUT2D eigenvalue weighted by molar-refractivity contribution is 0.382. The summed E-state index contributed by atoms with van der Waals surface area (Å²) in [7, 11) is 0. The molecule has 0 unspecified atom stereocenters. The minimum Gasteiger partial charge on any atom is -0.433 e. The van der Waals surface area contributed by atoms with Crippen molar-refractivity contribution in [3.05, 3.63) is 40.3 Å². The quantitative estimate of drug-likeness (QED) is 0.852. The molecule has 106 valence electrons. The monoisotopic (exact) mass is 347 g/mol. The summed E-state index contributed by atoms with van der Waals surface area (Å²) in [6, 6.07) is 2.11. The third kappa shape index (κ3) is 3.19. The van der Waals surface area contributed by atoms with Gasteiger partial charge in [-0.05, 0) is 19.1 Å². The molecule has 4 nitrogen and oxygen atoms in total. The summed E-state index contributed by atoms with van der Waals surface area (Å²) in [5.41, 5.74) is 0. The van der Waals surface area contributed by atoms with E-state index in [0.717, 1.165) is 12.3 Å². The fraction of sp³-hybridized carbons (Fsp3) is 0.167. The van der Waals surface area contributed by atoms with Crippen molar-refractivity contribution in [1.29, 1.82) is 0 Å². The molecule has 1 heterocycles. The Hall–Kier alpha value is -1.83. The Bertz CT molecular complexity index is 640. The van der Waals surface area contributed by atoms with Gasteiger partial charge in [-0.3, -0.25) is 0 Å². The van der Waals surface area contributed by atoms with Crippen molar-refractivity contribution < 1.29 is 17.9 Å². The van der Waals surface area contributed by atoms with E-state index in [0.29, 0.717) is 6.54 Å². The van der Waals surface area contributed by atoms with Crippen LogP contribution in [0.25, 0.3) is 0 Å². The van der Waals surface area contributed by atoms with E-state index >= 15 is 0 Å². The lowest BCUT2D eigenvalue weighted by Crippen LogP contribution is -2.04. The number of anilines is 1. The Kier molecular flexibility index (Phi) is 4.43. The molecule has 1 N–H and O–H groups in total. The Balaban J connectivity index is 2.36. The highest BCUT2D eigenvalue weighted by atomic mass is 79.9. The fourth-order valence-electron chi connectivity index (χ4n) is 1.38. The maximum Gasteiger partial charge on any atom is 0.260 e. The van der Waals surface area contributed by atoms with Crippen LogP contribution in [0.4, 0.5) is 19.1 Å². The van der Waals surface area contributed by atoms with Gasteiger partial charge in [0, 0.05) is 11.0 Å². The van der Waals surface area contributed by atoms with Crippen molar-refractivity contribution in [3.8, 4) is 11.6 Å². The van der Waals surface area contributed by atoms with Gasteiger partial charge in [-0.25, -0.2) is 9.37 Å². The molecule has 0 aliphatic rings. The zero-order valence-corrected chi connectivity index (χ0v) is 11.8. The van der Waals surface area contributed by atoms with Crippen molar-refractivity contribution >= 4 is 21.9 Å². The second-order valence-electron chi connectivity index (χ2n) is 3.68. The lowest BCUT2D eigenvalue weighted by atomic mass is 10.3. The number of hydrogen-bond donors (Lipinski definition) is 1. The van der Waals surface area contributed by atoms with Crippen molar-refractivity contribution in [2.45, 2.75) is 6.92 Å². The minimum absolute atomic E-state index is 0.125. The van der Waals surface area contributed by atoms with Crippen LogP contribution < -0.4 is 10.1 Å². The van der Waals surface area contributed by atoms with E-state index in [4.69, 9.17) is 4.74 Å². The number of halogens is 4. The SMILES string of the molecule is CCNc1ncc(F)c(Oc2cc(Br)cc(F)c2F)n1. The number of nitrogens with zero attached hydrogens (tertiary/aromatic N) is 2. The van der Waals surface area contributed by atoms with E-state index in [1.807, 2.05) is 0 Å². The first-order valence-corrected chi connectivity index (χ1v) is 6.39. The topological polar surface area (TPSA) is 47.0 Å². The summed E-state index contributed by atoms with van der Waals surface area (Å²) in [6.07, 6.45) is 0.882. The molecular weight excluding hydrogens is 339 g/mol. The second-order valence-corrected chi connectivity index (χ2v) is 4.59. The normalized spacial score (nSPS) is 10.4. The van der Waals surface area contributed by atoms with Crippen molar-refractivity contribution in [2.24, 2.45) is 0 Å². The molecule has 1 aromatic carbocycles. The largest absolute Gasteiger partial charge is 0.433 e. The maximum atomic E-state index is 13.5. The molecule has 0 saturated heterocycles. The molecule has 0 aliphatic carbocycles. The number of aromatic nitrogens is 2. The lowest BCUT2D eigenvalue weighted by Gasteiger charge is -2.09. The third-order valence-corrected chi connectivity index (χ3v) is 2.67. The van der Waals surface area contributed by atoms with Crippen molar-refractivity contribution in [2.75, 3.05) is 11.9 Å². The maximum absolute atomic E-state index is 13.5. The number of hydrogen-bond acceptors (Lipinski definition) is 4. The van der Waals surface area contributed by atoms with Crippen molar-refractivity contribution in [3.63, 3.8) is 0 Å². The third-order valence-electron chi connectivity index (χ3n) is 2.21. The molecule has 0 spiro atoms. The Labute approximate surface area is 121 Å². The molecule has 2 rings (SSSR count). The van der Waals surface area contributed by atoms with Gasteiger partial charge in [-0.15, -0.1) is 0 Å². The molecule has 0 radical (unpaired) electrons. The predicted octanol–water partition coefficient (Wildman–Crippen LogP) is 3.88. The van der Waals surface area contributed by atoms with Gasteiger partial charge in [0.25, 0.3) is 5.88 Å². The van der Waals surface area contributed by atoms with Crippen molar-refractivity contribution in [1.82, 2.24) is 9.97 Å². The highest BCUT2D eigenvalue weighted by Crippen LogP contribution is 2.30. The van der Waals surface area contributed by atoms with Crippen LogP contribution in [0.5, 0.6) is 11.6 Å². The van der Waals surface area contributed by atoms with E-state index in [1.165, 1.54) is 6.07 Å². The smallest absolute Gasteiger partial charge is 0.260 e. The zero-order valence-electron chi connectivity index (χ0n) is 10.3. The average Bonchev–Trinajstić information content (AvgIpc) is 2.39. The van der Waals surface area contributed by atoms with Gasteiger partial charge >= 0.3 is 0 Å². The van der Waals surface area contributed by atoms with Crippen LogP contribution in [0.2, 0.25) is 0 Å². The predicted molar refractivity (Wildman–Crippen MR) is 70.3 cm³/mol. The molecule has 2 aromatic rings. The van der Waals surface area contributed by atoms with E-state index in [2.05, 4.69) is 31.2 Å². The zero-order chi connectivity index (χ0) is 14.7. The highest BCUT2D eigenvalue weighted by Gasteiger charge is 2.16. The van der Waals surface area contributed by atoms with Gasteiger partial charge in [0.1, 0.15) is 0 Å². The van der Waals surface area contributed by atoms with E-state index in [-0.39, 0.29) is 10.4 Å². The molecular formula is C12H9BrF3N3O. The Morgan fingerprint density at radius 1 is 1.25 bits per heavy atom. The number of nitrogens with one attached hydrogen (secondary N) is 1. The summed E-state index contributed by atoms with van der Waals surface area (Å²) in [5, 5.41) is 2.75. The van der Waals surface area contributed by atoms with Gasteiger partial charge in [0.15, 0.2) is 11.6 Å². The first-order valence-electron chi connectivity index (χ1n) is 5.60. The van der Waals surface area contributed by atoms with Crippen LogP contribution in [-0.2, 0) is 0 Å². The first kappa shape index (κ1) is 14.6. The van der Waals surface area contributed by atoms with E-state index < -0.39 is 29.1 Å². The van der Waals surface area contributed by atoms with Gasteiger partial charge in [-0.1, -0.05) is 15.9 Å². The van der Waals surface area contributed by atoms with Gasteiger partial charge in [0.2, 0.25) is 17.6 Å². The molecule has 0 atom stereocenters. The summed E-state index contributed by atoms with van der Waals surface area (Å²) in [5.74, 6) is -4.07. The summed E-state index contributed by atoms with van der Waals surface area (Å²) >= 11 is 2.99. The summed E-state index contributed by atoms with van der Waals surface area (Å²) < 4.78 is 45.5. The van der Waals surface area contributed by atoms with Gasteiger partial charge < -0.3 is 10.1 Å². The van der Waals surface area contributed by atoms with Crippen LogP contribution in [0, 0.1) is 17.5 Å². The molecule has 8 heteroatoms. The highest BCUT2D eigenvalue weighted by molar-refractivity contribution is 9.10. The molecule has 0 saturated carbocycles. The Morgan fingerprint density at radius 2 is 2.00 bits per heavy atom. The number of rotatable bonds is 4. The van der Waals surface area contributed by atoms with Gasteiger partial charge in [-0.2, -0.15) is 13.8 Å².